The van der Waals surface area contributed by atoms with Crippen LogP contribution in [0.4, 0.5) is 0 Å². The van der Waals surface area contributed by atoms with Crippen LogP contribution in [0.1, 0.15) is 56.3 Å². The molecule has 0 spiro atoms. The number of hydrogen-bond donors (Lipinski definition) is 1. The van der Waals surface area contributed by atoms with Gasteiger partial charge in [0.25, 0.3) is 0 Å². The zero-order valence-corrected chi connectivity index (χ0v) is 13.1. The first-order valence-corrected chi connectivity index (χ1v) is 9.08. The topological polar surface area (TPSA) is 59.1 Å². The fourth-order valence-corrected chi connectivity index (χ4v) is 4.63. The zero-order chi connectivity index (χ0) is 14.6. The van der Waals surface area contributed by atoms with Crippen molar-refractivity contribution in [2.24, 2.45) is 5.92 Å². The van der Waals surface area contributed by atoms with Gasteiger partial charge in [-0.2, -0.15) is 0 Å². The molecule has 0 radical (unpaired) electrons. The summed E-state index contributed by atoms with van der Waals surface area (Å²) < 4.78 is 27.4. The maximum Gasteiger partial charge on any atom is 0.212 e. The minimum atomic E-state index is -3.23. The third-order valence-electron chi connectivity index (χ3n) is 3.95. The van der Waals surface area contributed by atoms with Gasteiger partial charge in [0.15, 0.2) is 0 Å². The second-order valence-electron chi connectivity index (χ2n) is 5.77. The molecule has 0 bridgehead atoms. The molecule has 2 rings (SSSR count). The van der Waals surface area contributed by atoms with Crippen LogP contribution >= 0.6 is 0 Å². The average Bonchev–Trinajstić information content (AvgIpc) is 2.88. The molecule has 0 amide bonds. The molecule has 1 aliphatic carbocycles. The molecule has 1 saturated carbocycles. The molecular weight excluding hydrogens is 272 g/mol. The summed E-state index contributed by atoms with van der Waals surface area (Å²) in [5.41, 5.74) is 1.91. The number of nitrogens with zero attached hydrogens (tertiary/aromatic N) is 1. The van der Waals surface area contributed by atoms with Crippen LogP contribution in [-0.4, -0.2) is 19.2 Å². The van der Waals surface area contributed by atoms with Crippen LogP contribution in [0.5, 0.6) is 0 Å². The number of aryl methyl sites for hydroxylation is 1. The van der Waals surface area contributed by atoms with Crippen LogP contribution in [0.3, 0.4) is 0 Å². The van der Waals surface area contributed by atoms with Crippen LogP contribution in [0.25, 0.3) is 0 Å². The standard InChI is InChI=1S/C15H24N2O2S/c1-3-14(15-10-12(2)8-9-16-15)17-20(18,19)11-13-6-4-5-7-13/h8-10,13-14,17H,3-7,11H2,1-2H3/t14-/m1/s1. The summed E-state index contributed by atoms with van der Waals surface area (Å²) >= 11 is 0. The van der Waals surface area contributed by atoms with Crippen molar-refractivity contribution >= 4 is 10.0 Å². The van der Waals surface area contributed by atoms with Gasteiger partial charge in [-0.1, -0.05) is 19.8 Å². The van der Waals surface area contributed by atoms with Crippen LogP contribution in [-0.2, 0) is 10.0 Å². The smallest absolute Gasteiger partial charge is 0.212 e. The Morgan fingerprint density at radius 1 is 1.40 bits per heavy atom. The van der Waals surface area contributed by atoms with Crippen molar-refractivity contribution in [2.45, 2.75) is 52.0 Å². The minimum absolute atomic E-state index is 0.221. The maximum atomic E-state index is 12.3. The number of aromatic nitrogens is 1. The van der Waals surface area contributed by atoms with Crippen LogP contribution in [0, 0.1) is 12.8 Å². The number of nitrogens with one attached hydrogen (secondary N) is 1. The van der Waals surface area contributed by atoms with Crippen LogP contribution in [0.2, 0.25) is 0 Å². The van der Waals surface area contributed by atoms with Crippen LogP contribution in [0.15, 0.2) is 18.3 Å². The monoisotopic (exact) mass is 296 g/mol. The Hall–Kier alpha value is -0.940. The second-order valence-corrected chi connectivity index (χ2v) is 7.57. The summed E-state index contributed by atoms with van der Waals surface area (Å²) in [7, 11) is -3.23. The van der Waals surface area contributed by atoms with Gasteiger partial charge in [0.1, 0.15) is 0 Å². The molecule has 20 heavy (non-hydrogen) atoms. The molecule has 1 N–H and O–H groups in total. The predicted molar refractivity (Wildman–Crippen MR) is 80.9 cm³/mol. The Bertz CT molecular complexity index is 537. The van der Waals surface area contributed by atoms with Gasteiger partial charge in [-0.3, -0.25) is 4.98 Å². The molecule has 1 fully saturated rings. The van der Waals surface area contributed by atoms with E-state index >= 15 is 0 Å². The van der Waals surface area contributed by atoms with E-state index in [4.69, 9.17) is 0 Å². The highest BCUT2D eigenvalue weighted by molar-refractivity contribution is 7.89. The Balaban J connectivity index is 2.05. The Morgan fingerprint density at radius 3 is 2.70 bits per heavy atom. The highest BCUT2D eigenvalue weighted by Gasteiger charge is 2.25. The lowest BCUT2D eigenvalue weighted by atomic mass is 10.1. The van der Waals surface area contributed by atoms with Crippen molar-refractivity contribution < 1.29 is 8.42 Å². The molecule has 1 aliphatic rings. The lowest BCUT2D eigenvalue weighted by Crippen LogP contribution is -2.33. The van der Waals surface area contributed by atoms with Crippen molar-refractivity contribution in [1.82, 2.24) is 9.71 Å². The molecule has 1 heterocycles. The van der Waals surface area contributed by atoms with E-state index in [-0.39, 0.29) is 11.8 Å². The fraction of sp³-hybridized carbons (Fsp3) is 0.667. The quantitative estimate of drug-likeness (QED) is 0.878. The molecule has 1 aromatic heterocycles. The Kier molecular flexibility index (Phi) is 5.16. The van der Waals surface area contributed by atoms with Gasteiger partial charge in [-0.15, -0.1) is 0 Å². The van der Waals surface area contributed by atoms with Gasteiger partial charge in [-0.25, -0.2) is 13.1 Å². The second kappa shape index (κ2) is 6.68. The zero-order valence-electron chi connectivity index (χ0n) is 12.3. The molecule has 5 heteroatoms. The first-order chi connectivity index (χ1) is 9.50. The third kappa shape index (κ3) is 4.28. The van der Waals surface area contributed by atoms with Gasteiger partial charge in [0, 0.05) is 6.20 Å². The lowest BCUT2D eigenvalue weighted by molar-refractivity contribution is 0.522. The molecule has 1 atom stereocenters. The molecule has 0 saturated heterocycles. The summed E-state index contributed by atoms with van der Waals surface area (Å²) in [5, 5.41) is 0. The van der Waals surface area contributed by atoms with Gasteiger partial charge < -0.3 is 0 Å². The van der Waals surface area contributed by atoms with E-state index in [9.17, 15) is 8.42 Å². The highest BCUT2D eigenvalue weighted by Crippen LogP contribution is 2.26. The van der Waals surface area contributed by atoms with Gasteiger partial charge >= 0.3 is 0 Å². The van der Waals surface area contributed by atoms with Crippen molar-refractivity contribution in [3.63, 3.8) is 0 Å². The number of sulfonamides is 1. The van der Waals surface area contributed by atoms with Gasteiger partial charge in [0.05, 0.1) is 17.5 Å². The number of hydrogen-bond acceptors (Lipinski definition) is 3. The van der Waals surface area contributed by atoms with E-state index < -0.39 is 10.0 Å². The first kappa shape index (κ1) is 15.4. The number of pyridine rings is 1. The van der Waals surface area contributed by atoms with Crippen molar-refractivity contribution in [3.8, 4) is 0 Å². The highest BCUT2D eigenvalue weighted by atomic mass is 32.2. The molecule has 112 valence electrons. The van der Waals surface area contributed by atoms with Crippen molar-refractivity contribution in [2.75, 3.05) is 5.75 Å². The maximum absolute atomic E-state index is 12.3. The fourth-order valence-electron chi connectivity index (χ4n) is 2.86. The number of rotatable bonds is 6. The summed E-state index contributed by atoms with van der Waals surface area (Å²) in [6.45, 7) is 3.97. The first-order valence-electron chi connectivity index (χ1n) is 7.42. The summed E-state index contributed by atoms with van der Waals surface area (Å²) in [6, 6.07) is 3.65. The molecule has 1 aromatic rings. The van der Waals surface area contributed by atoms with E-state index in [2.05, 4.69) is 9.71 Å². The molecule has 0 unspecified atom stereocenters. The predicted octanol–water partition coefficient (Wildman–Crippen LogP) is 2.95. The van der Waals surface area contributed by atoms with Crippen molar-refractivity contribution in [1.29, 1.82) is 0 Å². The van der Waals surface area contributed by atoms with E-state index in [1.165, 1.54) is 0 Å². The van der Waals surface area contributed by atoms with Crippen LogP contribution < -0.4 is 4.72 Å². The Morgan fingerprint density at radius 2 is 2.10 bits per heavy atom. The van der Waals surface area contributed by atoms with E-state index in [1.54, 1.807) is 6.20 Å². The van der Waals surface area contributed by atoms with E-state index in [0.29, 0.717) is 12.3 Å². The van der Waals surface area contributed by atoms with E-state index in [1.807, 2.05) is 26.0 Å². The van der Waals surface area contributed by atoms with Gasteiger partial charge in [0.2, 0.25) is 10.0 Å². The Labute approximate surface area is 122 Å². The summed E-state index contributed by atoms with van der Waals surface area (Å²) in [6.07, 6.45) is 6.85. The molecule has 4 nitrogen and oxygen atoms in total. The summed E-state index contributed by atoms with van der Waals surface area (Å²) in [5.74, 6) is 0.588. The minimum Gasteiger partial charge on any atom is -0.260 e. The molecular formula is C15H24N2O2S. The molecule has 0 aromatic carbocycles. The third-order valence-corrected chi connectivity index (χ3v) is 5.51. The normalized spacial score (nSPS) is 18.3. The largest absolute Gasteiger partial charge is 0.260 e. The average molecular weight is 296 g/mol. The van der Waals surface area contributed by atoms with E-state index in [0.717, 1.165) is 36.9 Å². The van der Waals surface area contributed by atoms with Gasteiger partial charge in [-0.05, 0) is 49.8 Å². The molecule has 0 aliphatic heterocycles. The summed E-state index contributed by atoms with van der Waals surface area (Å²) in [4.78, 5) is 4.30. The lowest BCUT2D eigenvalue weighted by Gasteiger charge is -2.18. The SMILES string of the molecule is CC[C@@H](NS(=O)(=O)CC1CCCC1)c1cc(C)ccn1. The van der Waals surface area contributed by atoms with Crippen molar-refractivity contribution in [3.05, 3.63) is 29.6 Å².